The number of ether oxygens (including phenoxy) is 2. The summed E-state index contributed by atoms with van der Waals surface area (Å²) < 4.78 is 11.5. The Morgan fingerprint density at radius 2 is 1.82 bits per heavy atom. The highest BCUT2D eigenvalue weighted by Crippen LogP contribution is 2.39. The van der Waals surface area contributed by atoms with Crippen molar-refractivity contribution in [1.82, 2.24) is 5.32 Å². The molecule has 1 saturated carbocycles. The Morgan fingerprint density at radius 1 is 1.18 bits per heavy atom. The molecule has 0 radical (unpaired) electrons. The van der Waals surface area contributed by atoms with Gasteiger partial charge in [-0.25, -0.2) is 0 Å². The molecule has 1 N–H and O–H groups in total. The van der Waals surface area contributed by atoms with Crippen molar-refractivity contribution in [3.05, 3.63) is 24.3 Å². The van der Waals surface area contributed by atoms with E-state index in [-0.39, 0.29) is 5.60 Å². The standard InChI is InChI=1S/C14H21NO2/c1-3-10-16-12-4-6-13(7-5-12)17-14(8-9-14)11-15-2/h4-7,15H,3,8-11H2,1-2H3. The van der Waals surface area contributed by atoms with Crippen LogP contribution in [0.25, 0.3) is 0 Å². The molecule has 0 aromatic heterocycles. The molecule has 3 nitrogen and oxygen atoms in total. The molecule has 0 atom stereocenters. The maximum Gasteiger partial charge on any atom is 0.122 e. The van der Waals surface area contributed by atoms with Gasteiger partial charge in [0.25, 0.3) is 0 Å². The highest BCUT2D eigenvalue weighted by atomic mass is 16.5. The molecule has 0 saturated heterocycles. The minimum atomic E-state index is 0.0422. The van der Waals surface area contributed by atoms with E-state index in [2.05, 4.69) is 12.2 Å². The molecular weight excluding hydrogens is 214 g/mol. The molecular formula is C14H21NO2. The molecule has 1 aliphatic rings. The molecule has 0 bridgehead atoms. The van der Waals surface area contributed by atoms with Crippen LogP contribution in [0, 0.1) is 0 Å². The third kappa shape index (κ3) is 3.37. The molecule has 2 rings (SSSR count). The van der Waals surface area contributed by atoms with Crippen LogP contribution >= 0.6 is 0 Å². The van der Waals surface area contributed by atoms with Gasteiger partial charge in [-0.2, -0.15) is 0 Å². The van der Waals surface area contributed by atoms with Gasteiger partial charge in [-0.1, -0.05) is 6.92 Å². The molecule has 1 aromatic rings. The van der Waals surface area contributed by atoms with Crippen LogP contribution in [0.5, 0.6) is 11.5 Å². The first-order valence-electron chi connectivity index (χ1n) is 6.34. The summed E-state index contributed by atoms with van der Waals surface area (Å²) in [6, 6.07) is 7.92. The van der Waals surface area contributed by atoms with Crippen molar-refractivity contribution in [2.45, 2.75) is 31.8 Å². The van der Waals surface area contributed by atoms with Crippen LogP contribution in [0.2, 0.25) is 0 Å². The van der Waals surface area contributed by atoms with E-state index in [0.717, 1.165) is 43.9 Å². The second-order valence-corrected chi connectivity index (χ2v) is 4.64. The summed E-state index contributed by atoms with van der Waals surface area (Å²) in [7, 11) is 1.96. The summed E-state index contributed by atoms with van der Waals surface area (Å²) in [5.41, 5.74) is 0.0422. The second kappa shape index (κ2) is 5.41. The fraction of sp³-hybridized carbons (Fsp3) is 0.571. The molecule has 0 heterocycles. The first kappa shape index (κ1) is 12.2. The second-order valence-electron chi connectivity index (χ2n) is 4.64. The van der Waals surface area contributed by atoms with E-state index in [9.17, 15) is 0 Å². The van der Waals surface area contributed by atoms with Gasteiger partial charge < -0.3 is 14.8 Å². The van der Waals surface area contributed by atoms with Crippen molar-refractivity contribution in [2.75, 3.05) is 20.2 Å². The van der Waals surface area contributed by atoms with Crippen LogP contribution in [-0.2, 0) is 0 Å². The maximum absolute atomic E-state index is 5.99. The number of benzene rings is 1. The van der Waals surface area contributed by atoms with Gasteiger partial charge in [-0.15, -0.1) is 0 Å². The Balaban J connectivity index is 1.89. The lowest BCUT2D eigenvalue weighted by atomic mass is 10.3. The van der Waals surface area contributed by atoms with Gasteiger partial charge in [-0.05, 0) is 50.6 Å². The van der Waals surface area contributed by atoms with Gasteiger partial charge in [0.1, 0.15) is 17.1 Å². The highest BCUT2D eigenvalue weighted by Gasteiger charge is 2.44. The SMILES string of the molecule is CCCOc1ccc(OC2(CNC)CC2)cc1. The Kier molecular flexibility index (Phi) is 3.89. The zero-order valence-electron chi connectivity index (χ0n) is 10.7. The zero-order valence-corrected chi connectivity index (χ0v) is 10.7. The Labute approximate surface area is 103 Å². The molecule has 1 fully saturated rings. The smallest absolute Gasteiger partial charge is 0.122 e. The van der Waals surface area contributed by atoms with Crippen molar-refractivity contribution in [3.8, 4) is 11.5 Å². The number of hydrogen-bond acceptors (Lipinski definition) is 3. The van der Waals surface area contributed by atoms with E-state index in [4.69, 9.17) is 9.47 Å². The molecule has 0 amide bonds. The largest absolute Gasteiger partial charge is 0.494 e. The van der Waals surface area contributed by atoms with Crippen molar-refractivity contribution in [3.63, 3.8) is 0 Å². The Bertz CT molecular complexity index is 344. The maximum atomic E-state index is 5.99. The predicted octanol–water partition coefficient (Wildman–Crippen LogP) is 2.61. The Morgan fingerprint density at radius 3 is 2.35 bits per heavy atom. The van der Waals surface area contributed by atoms with Gasteiger partial charge in [0.2, 0.25) is 0 Å². The molecule has 0 aliphatic heterocycles. The summed E-state index contributed by atoms with van der Waals surface area (Å²) in [5, 5.41) is 3.18. The number of nitrogens with one attached hydrogen (secondary N) is 1. The Hall–Kier alpha value is -1.22. The lowest BCUT2D eigenvalue weighted by Gasteiger charge is -2.17. The monoisotopic (exact) mass is 235 g/mol. The first-order valence-corrected chi connectivity index (χ1v) is 6.34. The van der Waals surface area contributed by atoms with E-state index in [0.29, 0.717) is 0 Å². The molecule has 1 aliphatic carbocycles. The van der Waals surface area contributed by atoms with E-state index in [1.54, 1.807) is 0 Å². The molecule has 1 aromatic carbocycles. The van der Waals surface area contributed by atoms with Crippen LogP contribution < -0.4 is 14.8 Å². The number of likely N-dealkylation sites (N-methyl/N-ethyl adjacent to an activating group) is 1. The topological polar surface area (TPSA) is 30.5 Å². The van der Waals surface area contributed by atoms with E-state index >= 15 is 0 Å². The van der Waals surface area contributed by atoms with Crippen LogP contribution in [0.15, 0.2) is 24.3 Å². The van der Waals surface area contributed by atoms with E-state index in [1.807, 2.05) is 31.3 Å². The fourth-order valence-electron chi connectivity index (χ4n) is 1.85. The van der Waals surface area contributed by atoms with E-state index in [1.165, 1.54) is 0 Å². The van der Waals surface area contributed by atoms with Gasteiger partial charge >= 0.3 is 0 Å². The lowest BCUT2D eigenvalue weighted by Crippen LogP contribution is -2.31. The molecule has 94 valence electrons. The van der Waals surface area contributed by atoms with Crippen LogP contribution in [-0.4, -0.2) is 25.8 Å². The summed E-state index contributed by atoms with van der Waals surface area (Å²) >= 11 is 0. The summed E-state index contributed by atoms with van der Waals surface area (Å²) in [4.78, 5) is 0. The third-order valence-electron chi connectivity index (χ3n) is 2.94. The first-order chi connectivity index (χ1) is 8.28. The van der Waals surface area contributed by atoms with Gasteiger partial charge in [0.05, 0.1) is 6.61 Å². The highest BCUT2D eigenvalue weighted by molar-refractivity contribution is 5.32. The number of hydrogen-bond donors (Lipinski definition) is 1. The van der Waals surface area contributed by atoms with E-state index < -0.39 is 0 Å². The van der Waals surface area contributed by atoms with Crippen LogP contribution in [0.3, 0.4) is 0 Å². The molecule has 17 heavy (non-hydrogen) atoms. The third-order valence-corrected chi connectivity index (χ3v) is 2.94. The van der Waals surface area contributed by atoms with Crippen molar-refractivity contribution in [1.29, 1.82) is 0 Å². The number of rotatable bonds is 7. The molecule has 0 unspecified atom stereocenters. The summed E-state index contributed by atoms with van der Waals surface area (Å²) in [6.07, 6.45) is 3.31. The van der Waals surface area contributed by atoms with Crippen LogP contribution in [0.1, 0.15) is 26.2 Å². The lowest BCUT2D eigenvalue weighted by molar-refractivity contribution is 0.178. The van der Waals surface area contributed by atoms with Crippen molar-refractivity contribution >= 4 is 0 Å². The van der Waals surface area contributed by atoms with Crippen molar-refractivity contribution in [2.24, 2.45) is 0 Å². The minimum Gasteiger partial charge on any atom is -0.494 e. The van der Waals surface area contributed by atoms with Gasteiger partial charge in [0, 0.05) is 6.54 Å². The fourth-order valence-corrected chi connectivity index (χ4v) is 1.85. The molecule has 0 spiro atoms. The average Bonchev–Trinajstić information content (AvgIpc) is 3.09. The quantitative estimate of drug-likeness (QED) is 0.788. The van der Waals surface area contributed by atoms with Crippen molar-refractivity contribution < 1.29 is 9.47 Å². The van der Waals surface area contributed by atoms with Gasteiger partial charge in [-0.3, -0.25) is 0 Å². The van der Waals surface area contributed by atoms with Gasteiger partial charge in [0.15, 0.2) is 0 Å². The normalized spacial score (nSPS) is 16.6. The summed E-state index contributed by atoms with van der Waals surface area (Å²) in [5.74, 6) is 1.85. The minimum absolute atomic E-state index is 0.0422. The predicted molar refractivity (Wildman–Crippen MR) is 68.7 cm³/mol. The van der Waals surface area contributed by atoms with Crippen LogP contribution in [0.4, 0.5) is 0 Å². The zero-order chi connectivity index (χ0) is 12.1. The average molecular weight is 235 g/mol. The summed E-state index contributed by atoms with van der Waals surface area (Å²) in [6.45, 7) is 3.79. The molecule has 3 heteroatoms.